The Morgan fingerprint density at radius 2 is 2.24 bits per heavy atom. The molecule has 1 aromatic rings. The normalized spacial score (nSPS) is 23.9. The van der Waals surface area contributed by atoms with Crippen molar-refractivity contribution < 1.29 is 9.90 Å². The van der Waals surface area contributed by atoms with Crippen LogP contribution >= 0.6 is 0 Å². The van der Waals surface area contributed by atoms with Crippen molar-refractivity contribution in [3.05, 3.63) is 20.8 Å². The molecule has 1 fully saturated rings. The van der Waals surface area contributed by atoms with Gasteiger partial charge in [0.15, 0.2) is 0 Å². The smallest absolute Gasteiger partial charge is 0.342 e. The van der Waals surface area contributed by atoms with Crippen LogP contribution in [-0.2, 0) is 4.79 Å². The zero-order valence-electron chi connectivity index (χ0n) is 9.19. The molecule has 0 aromatic carbocycles. The Morgan fingerprint density at radius 1 is 1.53 bits per heavy atom. The van der Waals surface area contributed by atoms with Crippen LogP contribution in [0.3, 0.4) is 0 Å². The minimum Gasteiger partial charge on any atom is -0.480 e. The van der Waals surface area contributed by atoms with E-state index in [9.17, 15) is 19.5 Å². The number of carboxylic acid groups (broad SMARTS) is 1. The second kappa shape index (κ2) is 3.72. The van der Waals surface area contributed by atoms with Crippen LogP contribution in [-0.4, -0.2) is 38.3 Å². The van der Waals surface area contributed by atoms with Crippen LogP contribution in [0.5, 0.6) is 0 Å². The van der Waals surface area contributed by atoms with E-state index in [1.165, 1.54) is 11.8 Å². The van der Waals surface area contributed by atoms with Crippen molar-refractivity contribution in [1.82, 2.24) is 15.2 Å². The van der Waals surface area contributed by atoms with E-state index in [2.05, 4.69) is 10.2 Å². The molecule has 1 unspecified atom stereocenters. The number of anilines is 1. The number of aromatic nitrogens is 3. The molecular formula is C9H12N4O4. The van der Waals surface area contributed by atoms with Crippen LogP contribution in [0.15, 0.2) is 9.59 Å². The Bertz CT molecular complexity index is 563. The molecule has 17 heavy (non-hydrogen) atoms. The van der Waals surface area contributed by atoms with E-state index in [0.29, 0.717) is 19.4 Å². The Balaban J connectivity index is 2.50. The standard InChI is InChI=1S/C9H12N4O4/c1-9(7(15)16)3-2-4-13(9)5-6(14)10-8(17)12-11-5/h2-4H2,1H3,(H,15,16)(H2,10,12,14,17). The first kappa shape index (κ1) is 11.4. The molecule has 0 aliphatic carbocycles. The molecule has 1 aliphatic heterocycles. The molecule has 8 nitrogen and oxygen atoms in total. The van der Waals surface area contributed by atoms with E-state index >= 15 is 0 Å². The van der Waals surface area contributed by atoms with Gasteiger partial charge in [0.1, 0.15) is 5.54 Å². The second-order valence-corrected chi connectivity index (χ2v) is 4.16. The Hall–Kier alpha value is -2.12. The number of aliphatic carboxylic acids is 1. The number of hydrogen-bond acceptors (Lipinski definition) is 5. The van der Waals surface area contributed by atoms with Gasteiger partial charge in [-0.2, -0.15) is 0 Å². The van der Waals surface area contributed by atoms with Crippen molar-refractivity contribution in [2.75, 3.05) is 11.4 Å². The van der Waals surface area contributed by atoms with Gasteiger partial charge >= 0.3 is 11.7 Å². The molecule has 0 bridgehead atoms. The number of rotatable bonds is 2. The summed E-state index contributed by atoms with van der Waals surface area (Å²) in [6, 6.07) is 0. The van der Waals surface area contributed by atoms with Crippen molar-refractivity contribution in [1.29, 1.82) is 0 Å². The highest BCUT2D eigenvalue weighted by molar-refractivity contribution is 5.83. The van der Waals surface area contributed by atoms with E-state index < -0.39 is 22.8 Å². The molecule has 3 N–H and O–H groups in total. The quantitative estimate of drug-likeness (QED) is 0.603. The number of nitrogens with one attached hydrogen (secondary N) is 2. The fourth-order valence-corrected chi connectivity index (χ4v) is 2.05. The summed E-state index contributed by atoms with van der Waals surface area (Å²) in [6.45, 7) is 1.96. The van der Waals surface area contributed by atoms with Crippen molar-refractivity contribution in [2.24, 2.45) is 0 Å². The molecule has 0 amide bonds. The lowest BCUT2D eigenvalue weighted by atomic mass is 9.99. The monoisotopic (exact) mass is 240 g/mol. The van der Waals surface area contributed by atoms with E-state index in [1.54, 1.807) is 0 Å². The van der Waals surface area contributed by atoms with Gasteiger partial charge in [-0.05, 0) is 19.8 Å². The summed E-state index contributed by atoms with van der Waals surface area (Å²) in [4.78, 5) is 37.1. The summed E-state index contributed by atoms with van der Waals surface area (Å²) in [5, 5.41) is 14.9. The molecule has 1 atom stereocenters. The van der Waals surface area contributed by atoms with Gasteiger partial charge in [0.25, 0.3) is 5.56 Å². The molecule has 2 rings (SSSR count). The van der Waals surface area contributed by atoms with Crippen LogP contribution in [0.4, 0.5) is 5.82 Å². The van der Waals surface area contributed by atoms with Gasteiger partial charge in [0, 0.05) is 6.54 Å². The maximum absolute atomic E-state index is 11.6. The topological polar surface area (TPSA) is 119 Å². The summed E-state index contributed by atoms with van der Waals surface area (Å²) < 4.78 is 0. The van der Waals surface area contributed by atoms with Crippen LogP contribution in [0.2, 0.25) is 0 Å². The lowest BCUT2D eigenvalue weighted by Gasteiger charge is -2.30. The highest BCUT2D eigenvalue weighted by Crippen LogP contribution is 2.31. The minimum absolute atomic E-state index is 0.0630. The maximum Gasteiger partial charge on any atom is 0.342 e. The molecule has 8 heteroatoms. The van der Waals surface area contributed by atoms with Gasteiger partial charge in [-0.1, -0.05) is 0 Å². The number of nitrogens with zero attached hydrogens (tertiary/aromatic N) is 2. The minimum atomic E-state index is -1.15. The average molecular weight is 240 g/mol. The zero-order chi connectivity index (χ0) is 12.6. The van der Waals surface area contributed by atoms with Crippen molar-refractivity contribution in [2.45, 2.75) is 25.3 Å². The van der Waals surface area contributed by atoms with Gasteiger partial charge < -0.3 is 10.0 Å². The summed E-state index contributed by atoms with van der Waals surface area (Å²) in [7, 11) is 0. The molecular weight excluding hydrogens is 228 g/mol. The van der Waals surface area contributed by atoms with Gasteiger partial charge in [-0.25, -0.2) is 14.7 Å². The van der Waals surface area contributed by atoms with Crippen LogP contribution in [0.25, 0.3) is 0 Å². The van der Waals surface area contributed by atoms with E-state index in [-0.39, 0.29) is 5.82 Å². The first-order chi connectivity index (χ1) is 7.95. The number of carbonyl (C=O) groups is 1. The third-order valence-electron chi connectivity index (χ3n) is 3.05. The van der Waals surface area contributed by atoms with Crippen LogP contribution in [0, 0.1) is 0 Å². The first-order valence-electron chi connectivity index (χ1n) is 5.15. The van der Waals surface area contributed by atoms with Crippen LogP contribution < -0.4 is 16.1 Å². The van der Waals surface area contributed by atoms with Crippen molar-refractivity contribution in [3.8, 4) is 0 Å². The van der Waals surface area contributed by atoms with Gasteiger partial charge in [-0.15, -0.1) is 5.10 Å². The Labute approximate surface area is 95.3 Å². The summed E-state index contributed by atoms with van der Waals surface area (Å²) in [6.07, 6.45) is 1.09. The second-order valence-electron chi connectivity index (χ2n) is 4.16. The molecule has 0 radical (unpaired) electrons. The largest absolute Gasteiger partial charge is 0.480 e. The zero-order valence-corrected chi connectivity index (χ0v) is 9.19. The highest BCUT2D eigenvalue weighted by Gasteiger charge is 2.45. The number of aromatic amines is 2. The molecule has 0 spiro atoms. The lowest BCUT2D eigenvalue weighted by Crippen LogP contribution is -2.51. The van der Waals surface area contributed by atoms with Gasteiger partial charge in [-0.3, -0.25) is 9.78 Å². The molecule has 92 valence electrons. The number of hydrogen-bond donors (Lipinski definition) is 3. The molecule has 0 saturated carbocycles. The Morgan fingerprint density at radius 3 is 2.82 bits per heavy atom. The van der Waals surface area contributed by atoms with E-state index in [1.807, 2.05) is 4.98 Å². The highest BCUT2D eigenvalue weighted by atomic mass is 16.4. The fraction of sp³-hybridized carbons (Fsp3) is 0.556. The Kier molecular flexibility index (Phi) is 2.49. The third-order valence-corrected chi connectivity index (χ3v) is 3.05. The lowest BCUT2D eigenvalue weighted by molar-refractivity contribution is -0.142. The number of carboxylic acids is 1. The molecule has 2 heterocycles. The van der Waals surface area contributed by atoms with E-state index in [4.69, 9.17) is 0 Å². The van der Waals surface area contributed by atoms with Gasteiger partial charge in [0.05, 0.1) is 0 Å². The first-order valence-corrected chi connectivity index (χ1v) is 5.15. The van der Waals surface area contributed by atoms with E-state index in [0.717, 1.165) is 0 Å². The SMILES string of the molecule is CC1(C(=O)O)CCCN1c1n[nH]c(=O)[nH]c1=O. The van der Waals surface area contributed by atoms with Crippen LogP contribution in [0.1, 0.15) is 19.8 Å². The number of H-pyrrole nitrogens is 2. The third kappa shape index (κ3) is 1.71. The molecule has 1 saturated heterocycles. The van der Waals surface area contributed by atoms with Crippen molar-refractivity contribution in [3.63, 3.8) is 0 Å². The summed E-state index contributed by atoms with van der Waals surface area (Å²) in [5.74, 6) is -1.07. The maximum atomic E-state index is 11.6. The fourth-order valence-electron chi connectivity index (χ4n) is 2.05. The predicted octanol–water partition coefficient (Wildman–Crippen LogP) is -1.10. The molecule has 1 aromatic heterocycles. The summed E-state index contributed by atoms with van der Waals surface area (Å²) >= 11 is 0. The van der Waals surface area contributed by atoms with Gasteiger partial charge in [0.2, 0.25) is 5.82 Å². The predicted molar refractivity (Wildman–Crippen MR) is 58.1 cm³/mol. The molecule has 1 aliphatic rings. The average Bonchev–Trinajstić information content (AvgIpc) is 2.62. The summed E-state index contributed by atoms with van der Waals surface area (Å²) in [5.41, 5.74) is -2.55. The van der Waals surface area contributed by atoms with Crippen molar-refractivity contribution >= 4 is 11.8 Å².